The summed E-state index contributed by atoms with van der Waals surface area (Å²) in [6.45, 7) is -0.0137. The van der Waals surface area contributed by atoms with Gasteiger partial charge in [-0.1, -0.05) is 11.6 Å². The number of carbonyl (C=O) groups excluding carboxylic acids is 1. The fourth-order valence-corrected chi connectivity index (χ4v) is 1.97. The van der Waals surface area contributed by atoms with Crippen LogP contribution in [0.15, 0.2) is 18.2 Å². The number of nitrogens with zero attached hydrogens (tertiary/aromatic N) is 1. The molecule has 0 radical (unpaired) electrons. The topological polar surface area (TPSA) is 110 Å². The Balaban J connectivity index is 2.11. The maximum absolute atomic E-state index is 11.9. The van der Waals surface area contributed by atoms with E-state index in [-0.39, 0.29) is 22.8 Å². The number of nitro groups is 1. The first-order valence-electron chi connectivity index (χ1n) is 5.81. The average Bonchev–Trinajstić information content (AvgIpc) is 3.17. The van der Waals surface area contributed by atoms with Gasteiger partial charge in [0.05, 0.1) is 20.9 Å². The highest BCUT2D eigenvalue weighted by Crippen LogP contribution is 2.45. The third-order valence-corrected chi connectivity index (χ3v) is 3.63. The van der Waals surface area contributed by atoms with E-state index in [1.54, 1.807) is 0 Å². The first-order valence-corrected chi connectivity index (χ1v) is 6.19. The molecule has 1 saturated carbocycles. The van der Waals surface area contributed by atoms with Gasteiger partial charge in [0, 0.05) is 18.7 Å². The lowest BCUT2D eigenvalue weighted by atomic mass is 10.1. The summed E-state index contributed by atoms with van der Waals surface area (Å²) in [5, 5.41) is 22.2. The number of hydrogen-bond donors (Lipinski definition) is 2. The lowest BCUT2D eigenvalue weighted by molar-refractivity contribution is -0.384. The molecule has 1 aromatic rings. The number of aliphatic carboxylic acids is 1. The molecular formula is C12H11ClN2O5. The number of carboxylic acids is 1. The number of halogens is 1. The van der Waals surface area contributed by atoms with Crippen LogP contribution in [0.1, 0.15) is 23.2 Å². The molecule has 20 heavy (non-hydrogen) atoms. The summed E-state index contributed by atoms with van der Waals surface area (Å²) in [7, 11) is 0. The Bertz CT molecular complexity index is 598. The maximum atomic E-state index is 11.9. The number of carboxylic acid groups (broad SMARTS) is 1. The molecule has 0 saturated heterocycles. The molecule has 0 aromatic heterocycles. The van der Waals surface area contributed by atoms with Crippen LogP contribution in [-0.4, -0.2) is 28.5 Å². The van der Waals surface area contributed by atoms with Crippen LogP contribution in [0.3, 0.4) is 0 Å². The Morgan fingerprint density at radius 2 is 2.10 bits per heavy atom. The Labute approximate surface area is 118 Å². The average molecular weight is 299 g/mol. The maximum Gasteiger partial charge on any atom is 0.311 e. The third kappa shape index (κ3) is 2.72. The van der Waals surface area contributed by atoms with Crippen LogP contribution in [0.5, 0.6) is 0 Å². The van der Waals surface area contributed by atoms with E-state index in [1.165, 1.54) is 12.1 Å². The summed E-state index contributed by atoms with van der Waals surface area (Å²) in [6.07, 6.45) is 1.01. The first-order chi connectivity index (χ1) is 9.35. The van der Waals surface area contributed by atoms with E-state index in [2.05, 4.69) is 5.32 Å². The van der Waals surface area contributed by atoms with Gasteiger partial charge in [-0.25, -0.2) is 0 Å². The molecule has 8 heteroatoms. The van der Waals surface area contributed by atoms with Crippen LogP contribution in [-0.2, 0) is 4.79 Å². The number of hydrogen-bond acceptors (Lipinski definition) is 4. The van der Waals surface area contributed by atoms with Gasteiger partial charge >= 0.3 is 5.97 Å². The van der Waals surface area contributed by atoms with Crippen LogP contribution in [0.4, 0.5) is 5.69 Å². The number of carbonyl (C=O) groups is 2. The molecule has 7 nitrogen and oxygen atoms in total. The van der Waals surface area contributed by atoms with Crippen molar-refractivity contribution in [1.29, 1.82) is 0 Å². The van der Waals surface area contributed by atoms with E-state index < -0.39 is 22.2 Å². The fourth-order valence-electron chi connectivity index (χ4n) is 1.76. The highest BCUT2D eigenvalue weighted by atomic mass is 35.5. The minimum absolute atomic E-state index is 0.0137. The zero-order valence-corrected chi connectivity index (χ0v) is 11.0. The predicted octanol–water partition coefficient (Wildman–Crippen LogP) is 1.84. The molecule has 0 atom stereocenters. The molecule has 1 fully saturated rings. The van der Waals surface area contributed by atoms with Crippen molar-refractivity contribution in [3.63, 3.8) is 0 Å². The molecule has 0 bridgehead atoms. The van der Waals surface area contributed by atoms with Gasteiger partial charge in [-0.15, -0.1) is 0 Å². The smallest absolute Gasteiger partial charge is 0.311 e. The fraction of sp³-hybridized carbons (Fsp3) is 0.333. The second-order valence-corrected chi connectivity index (χ2v) is 5.10. The summed E-state index contributed by atoms with van der Waals surface area (Å²) in [4.78, 5) is 32.9. The lowest BCUT2D eigenvalue weighted by Gasteiger charge is -2.11. The van der Waals surface area contributed by atoms with Gasteiger partial charge in [-0.2, -0.15) is 0 Å². The Morgan fingerprint density at radius 1 is 1.45 bits per heavy atom. The molecule has 0 unspecified atom stereocenters. The molecule has 1 aliphatic carbocycles. The van der Waals surface area contributed by atoms with E-state index in [0.717, 1.165) is 6.07 Å². The third-order valence-electron chi connectivity index (χ3n) is 3.30. The monoisotopic (exact) mass is 298 g/mol. The van der Waals surface area contributed by atoms with E-state index >= 15 is 0 Å². The van der Waals surface area contributed by atoms with Gasteiger partial charge in [-0.3, -0.25) is 19.7 Å². The van der Waals surface area contributed by atoms with Gasteiger partial charge in [0.2, 0.25) is 0 Å². The van der Waals surface area contributed by atoms with Crippen LogP contribution in [0.25, 0.3) is 0 Å². The molecule has 106 valence electrons. The summed E-state index contributed by atoms with van der Waals surface area (Å²) >= 11 is 5.82. The van der Waals surface area contributed by atoms with Gasteiger partial charge in [0.1, 0.15) is 0 Å². The summed E-state index contributed by atoms with van der Waals surface area (Å²) in [5.41, 5.74) is -1.19. The molecule has 0 heterocycles. The van der Waals surface area contributed by atoms with Gasteiger partial charge in [-0.05, 0) is 18.9 Å². The SMILES string of the molecule is O=C(NCC1(C(=O)O)CC1)c1cc([N+](=O)[O-])ccc1Cl. The van der Waals surface area contributed by atoms with Gasteiger partial charge in [0.15, 0.2) is 0 Å². The number of benzene rings is 1. The van der Waals surface area contributed by atoms with E-state index in [1.807, 2.05) is 0 Å². The summed E-state index contributed by atoms with van der Waals surface area (Å²) in [5.74, 6) is -1.57. The number of rotatable bonds is 5. The minimum atomic E-state index is -0.956. The second-order valence-electron chi connectivity index (χ2n) is 4.69. The standard InChI is InChI=1S/C12H11ClN2O5/c13-9-2-1-7(15(19)20)5-8(9)10(16)14-6-12(3-4-12)11(17)18/h1-2,5H,3-4,6H2,(H,14,16)(H,17,18). The van der Waals surface area contributed by atoms with Crippen molar-refractivity contribution in [3.8, 4) is 0 Å². The zero-order chi connectivity index (χ0) is 14.9. The van der Waals surface area contributed by atoms with Crippen LogP contribution in [0.2, 0.25) is 5.02 Å². The molecule has 0 aliphatic heterocycles. The van der Waals surface area contributed by atoms with Crippen molar-refractivity contribution in [1.82, 2.24) is 5.32 Å². The van der Waals surface area contributed by atoms with Crippen molar-refractivity contribution in [3.05, 3.63) is 38.9 Å². The number of non-ortho nitro benzene ring substituents is 1. The van der Waals surface area contributed by atoms with Gasteiger partial charge in [0.25, 0.3) is 11.6 Å². The van der Waals surface area contributed by atoms with E-state index in [4.69, 9.17) is 16.7 Å². The Morgan fingerprint density at radius 3 is 2.60 bits per heavy atom. The molecule has 1 aliphatic rings. The normalized spacial score (nSPS) is 15.4. The van der Waals surface area contributed by atoms with Crippen molar-refractivity contribution in [2.45, 2.75) is 12.8 Å². The lowest BCUT2D eigenvalue weighted by Crippen LogP contribution is -2.34. The van der Waals surface area contributed by atoms with Crippen molar-refractivity contribution in [2.24, 2.45) is 5.41 Å². The molecule has 2 rings (SSSR count). The molecule has 2 N–H and O–H groups in total. The highest BCUT2D eigenvalue weighted by Gasteiger charge is 2.50. The first kappa shape index (κ1) is 14.3. The highest BCUT2D eigenvalue weighted by molar-refractivity contribution is 6.33. The van der Waals surface area contributed by atoms with Crippen molar-refractivity contribution in [2.75, 3.05) is 6.54 Å². The molecular weight excluding hydrogens is 288 g/mol. The molecule has 1 aromatic carbocycles. The van der Waals surface area contributed by atoms with Crippen LogP contribution in [0, 0.1) is 15.5 Å². The largest absolute Gasteiger partial charge is 0.481 e. The van der Waals surface area contributed by atoms with E-state index in [9.17, 15) is 19.7 Å². The number of nitrogens with one attached hydrogen (secondary N) is 1. The summed E-state index contributed by atoms with van der Waals surface area (Å²) in [6, 6.07) is 3.52. The predicted molar refractivity (Wildman–Crippen MR) is 69.7 cm³/mol. The summed E-state index contributed by atoms with van der Waals surface area (Å²) < 4.78 is 0. The zero-order valence-electron chi connectivity index (χ0n) is 10.3. The quantitative estimate of drug-likeness (QED) is 0.636. The number of amides is 1. The number of nitro benzene ring substituents is 1. The Hall–Kier alpha value is -2.15. The molecule has 1 amide bonds. The van der Waals surface area contributed by atoms with Gasteiger partial charge < -0.3 is 10.4 Å². The molecule has 0 spiro atoms. The van der Waals surface area contributed by atoms with Crippen molar-refractivity contribution < 1.29 is 19.6 Å². The van der Waals surface area contributed by atoms with E-state index in [0.29, 0.717) is 12.8 Å². The Kier molecular flexibility index (Phi) is 3.63. The minimum Gasteiger partial charge on any atom is -0.481 e. The van der Waals surface area contributed by atoms with Crippen molar-refractivity contribution >= 4 is 29.2 Å². The van der Waals surface area contributed by atoms with Crippen LogP contribution < -0.4 is 5.32 Å². The second kappa shape index (κ2) is 5.09. The van der Waals surface area contributed by atoms with Crippen LogP contribution >= 0.6 is 11.6 Å².